The van der Waals surface area contributed by atoms with Crippen LogP contribution < -0.4 is 10.1 Å². The predicted octanol–water partition coefficient (Wildman–Crippen LogP) is 2.92. The first-order valence-corrected chi connectivity index (χ1v) is 6.33. The molecule has 0 aliphatic carbocycles. The van der Waals surface area contributed by atoms with Gasteiger partial charge < -0.3 is 10.1 Å². The van der Waals surface area contributed by atoms with E-state index in [0.717, 1.165) is 18.8 Å². The van der Waals surface area contributed by atoms with Crippen LogP contribution in [0.15, 0.2) is 12.1 Å². The van der Waals surface area contributed by atoms with Crippen molar-refractivity contribution < 1.29 is 4.74 Å². The Bertz CT molecular complexity index is 348. The number of pyridine rings is 1. The molecule has 0 spiro atoms. The van der Waals surface area contributed by atoms with Gasteiger partial charge in [0.2, 0.25) is 5.88 Å². The quantitative estimate of drug-likeness (QED) is 0.824. The summed E-state index contributed by atoms with van der Waals surface area (Å²) in [6.07, 6.45) is 0.173. The standard InChI is InChI=1S/C14H24N2O/c1-10(2)8-15-9-13-6-7-14(16-12(13)5)17-11(3)4/h6-7,10-11,15H,8-9H2,1-5H3. The van der Waals surface area contributed by atoms with E-state index in [1.54, 1.807) is 0 Å². The number of nitrogens with zero attached hydrogens (tertiary/aromatic N) is 1. The molecule has 1 aromatic heterocycles. The number of nitrogens with one attached hydrogen (secondary N) is 1. The molecular weight excluding hydrogens is 212 g/mol. The van der Waals surface area contributed by atoms with E-state index in [4.69, 9.17) is 4.74 Å². The van der Waals surface area contributed by atoms with Crippen LogP contribution in [-0.2, 0) is 6.54 Å². The van der Waals surface area contributed by atoms with Crippen LogP contribution in [0.25, 0.3) is 0 Å². The molecule has 96 valence electrons. The highest BCUT2D eigenvalue weighted by Gasteiger charge is 2.04. The number of rotatable bonds is 6. The maximum absolute atomic E-state index is 5.56. The number of aryl methyl sites for hydroxylation is 1. The lowest BCUT2D eigenvalue weighted by Crippen LogP contribution is -2.19. The molecule has 1 N–H and O–H groups in total. The molecule has 0 saturated heterocycles. The summed E-state index contributed by atoms with van der Waals surface area (Å²) in [6, 6.07) is 4.03. The lowest BCUT2D eigenvalue weighted by Gasteiger charge is -2.12. The summed E-state index contributed by atoms with van der Waals surface area (Å²) < 4.78 is 5.56. The van der Waals surface area contributed by atoms with Gasteiger partial charge in [0.05, 0.1) is 6.10 Å². The van der Waals surface area contributed by atoms with Gasteiger partial charge in [-0.2, -0.15) is 0 Å². The molecule has 0 aromatic carbocycles. The third-order valence-electron chi connectivity index (χ3n) is 2.39. The Kier molecular flexibility index (Phi) is 5.42. The van der Waals surface area contributed by atoms with Crippen molar-refractivity contribution in [1.29, 1.82) is 0 Å². The zero-order valence-electron chi connectivity index (χ0n) is 11.6. The van der Waals surface area contributed by atoms with E-state index in [1.165, 1.54) is 5.56 Å². The average Bonchev–Trinajstić information content (AvgIpc) is 2.20. The van der Waals surface area contributed by atoms with E-state index < -0.39 is 0 Å². The van der Waals surface area contributed by atoms with Gasteiger partial charge in [0.25, 0.3) is 0 Å². The van der Waals surface area contributed by atoms with E-state index in [9.17, 15) is 0 Å². The minimum Gasteiger partial charge on any atom is -0.475 e. The van der Waals surface area contributed by atoms with Crippen molar-refractivity contribution in [2.45, 2.75) is 47.3 Å². The van der Waals surface area contributed by atoms with E-state index in [2.05, 4.69) is 30.2 Å². The maximum atomic E-state index is 5.56. The van der Waals surface area contributed by atoms with Gasteiger partial charge in [-0.25, -0.2) is 4.98 Å². The van der Waals surface area contributed by atoms with E-state index in [-0.39, 0.29) is 6.10 Å². The van der Waals surface area contributed by atoms with Gasteiger partial charge in [0.1, 0.15) is 0 Å². The Morgan fingerprint density at radius 1 is 1.24 bits per heavy atom. The summed E-state index contributed by atoms with van der Waals surface area (Å²) in [6.45, 7) is 12.4. The van der Waals surface area contributed by atoms with E-state index >= 15 is 0 Å². The van der Waals surface area contributed by atoms with Crippen LogP contribution in [0.4, 0.5) is 0 Å². The van der Waals surface area contributed by atoms with Gasteiger partial charge in [-0.1, -0.05) is 19.9 Å². The minimum absolute atomic E-state index is 0.173. The van der Waals surface area contributed by atoms with Crippen LogP contribution in [0.2, 0.25) is 0 Å². The molecule has 3 nitrogen and oxygen atoms in total. The number of aromatic nitrogens is 1. The first-order valence-electron chi connectivity index (χ1n) is 6.33. The molecule has 0 bridgehead atoms. The topological polar surface area (TPSA) is 34.1 Å². The summed E-state index contributed by atoms with van der Waals surface area (Å²) in [5.74, 6) is 1.39. The molecule has 0 amide bonds. The van der Waals surface area contributed by atoms with Crippen molar-refractivity contribution in [3.63, 3.8) is 0 Å². The molecular formula is C14H24N2O. The lowest BCUT2D eigenvalue weighted by molar-refractivity contribution is 0.232. The number of hydrogen-bond donors (Lipinski definition) is 1. The Balaban J connectivity index is 2.57. The second-order valence-corrected chi connectivity index (χ2v) is 5.09. The molecule has 17 heavy (non-hydrogen) atoms. The molecule has 0 fully saturated rings. The fourth-order valence-corrected chi connectivity index (χ4v) is 1.56. The molecule has 0 saturated carbocycles. The van der Waals surface area contributed by atoms with Crippen molar-refractivity contribution >= 4 is 0 Å². The highest BCUT2D eigenvalue weighted by atomic mass is 16.5. The largest absolute Gasteiger partial charge is 0.475 e. The smallest absolute Gasteiger partial charge is 0.213 e. The van der Waals surface area contributed by atoms with Crippen LogP contribution in [0.3, 0.4) is 0 Å². The van der Waals surface area contributed by atoms with Crippen molar-refractivity contribution in [2.24, 2.45) is 5.92 Å². The van der Waals surface area contributed by atoms with Crippen LogP contribution in [0, 0.1) is 12.8 Å². The van der Waals surface area contributed by atoms with Crippen LogP contribution in [0.1, 0.15) is 39.0 Å². The summed E-state index contributed by atoms with van der Waals surface area (Å²) in [4.78, 5) is 4.45. The van der Waals surface area contributed by atoms with Crippen LogP contribution in [0.5, 0.6) is 5.88 Å². The molecule has 0 aliphatic heterocycles. The van der Waals surface area contributed by atoms with Crippen molar-refractivity contribution in [3.05, 3.63) is 23.4 Å². The fraction of sp³-hybridized carbons (Fsp3) is 0.643. The maximum Gasteiger partial charge on any atom is 0.213 e. The zero-order chi connectivity index (χ0) is 12.8. The third-order valence-corrected chi connectivity index (χ3v) is 2.39. The minimum atomic E-state index is 0.173. The normalized spacial score (nSPS) is 11.2. The highest BCUT2D eigenvalue weighted by molar-refractivity contribution is 5.24. The summed E-state index contributed by atoms with van der Waals surface area (Å²) in [5, 5.41) is 3.42. The predicted molar refractivity (Wildman–Crippen MR) is 71.3 cm³/mol. The SMILES string of the molecule is Cc1nc(OC(C)C)ccc1CNCC(C)C. The lowest BCUT2D eigenvalue weighted by atomic mass is 10.2. The van der Waals surface area contributed by atoms with Gasteiger partial charge in [0, 0.05) is 18.3 Å². The molecule has 0 unspecified atom stereocenters. The van der Waals surface area contributed by atoms with Crippen molar-refractivity contribution in [1.82, 2.24) is 10.3 Å². The Morgan fingerprint density at radius 2 is 1.94 bits per heavy atom. The Labute approximate surface area is 105 Å². The average molecular weight is 236 g/mol. The van der Waals surface area contributed by atoms with Gasteiger partial charge >= 0.3 is 0 Å². The van der Waals surface area contributed by atoms with Crippen LogP contribution in [-0.4, -0.2) is 17.6 Å². The zero-order valence-corrected chi connectivity index (χ0v) is 11.6. The summed E-state index contributed by atoms with van der Waals surface area (Å²) in [7, 11) is 0. The Hall–Kier alpha value is -1.09. The van der Waals surface area contributed by atoms with Crippen LogP contribution >= 0.6 is 0 Å². The van der Waals surface area contributed by atoms with E-state index in [0.29, 0.717) is 11.8 Å². The van der Waals surface area contributed by atoms with E-state index in [1.807, 2.05) is 26.8 Å². The summed E-state index contributed by atoms with van der Waals surface area (Å²) >= 11 is 0. The van der Waals surface area contributed by atoms with Crippen molar-refractivity contribution in [2.75, 3.05) is 6.54 Å². The van der Waals surface area contributed by atoms with Gasteiger partial charge in [0.15, 0.2) is 0 Å². The monoisotopic (exact) mass is 236 g/mol. The molecule has 3 heteroatoms. The molecule has 0 radical (unpaired) electrons. The highest BCUT2D eigenvalue weighted by Crippen LogP contribution is 2.13. The summed E-state index contributed by atoms with van der Waals surface area (Å²) in [5.41, 5.74) is 2.28. The Morgan fingerprint density at radius 3 is 2.47 bits per heavy atom. The molecule has 0 atom stereocenters. The first kappa shape index (κ1) is 14.0. The third kappa shape index (κ3) is 5.18. The van der Waals surface area contributed by atoms with Gasteiger partial charge in [-0.15, -0.1) is 0 Å². The molecule has 1 rings (SSSR count). The number of ether oxygens (including phenoxy) is 1. The van der Waals surface area contributed by atoms with Gasteiger partial charge in [-0.3, -0.25) is 0 Å². The fourth-order valence-electron chi connectivity index (χ4n) is 1.56. The molecule has 1 aromatic rings. The number of hydrogen-bond acceptors (Lipinski definition) is 3. The second-order valence-electron chi connectivity index (χ2n) is 5.09. The molecule has 0 aliphatic rings. The van der Waals surface area contributed by atoms with Gasteiger partial charge in [-0.05, 0) is 38.8 Å². The van der Waals surface area contributed by atoms with Crippen molar-refractivity contribution in [3.8, 4) is 5.88 Å². The first-order chi connectivity index (χ1) is 7.99. The molecule has 1 heterocycles. The second kappa shape index (κ2) is 6.60.